The van der Waals surface area contributed by atoms with Crippen molar-refractivity contribution in [2.24, 2.45) is 0 Å². The number of aromatic nitrogens is 1. The molecule has 0 aliphatic rings. The van der Waals surface area contributed by atoms with Crippen LogP contribution in [0.2, 0.25) is 0 Å². The van der Waals surface area contributed by atoms with Crippen molar-refractivity contribution in [2.45, 2.75) is 6.18 Å². The molecule has 0 saturated carbocycles. The number of halogens is 3. The molecule has 0 saturated heterocycles. The van der Waals surface area contributed by atoms with Gasteiger partial charge in [-0.3, -0.25) is 29.4 Å². The van der Waals surface area contributed by atoms with Gasteiger partial charge in [-0.2, -0.15) is 13.2 Å². The molecular weight excluding hydrogens is 351 g/mol. The number of carbonyl (C=O) groups excluding carboxylic acids is 3. The van der Waals surface area contributed by atoms with Gasteiger partial charge in [0, 0.05) is 32.1 Å². The summed E-state index contributed by atoms with van der Waals surface area (Å²) >= 11 is 0. The summed E-state index contributed by atoms with van der Waals surface area (Å²) in [6.07, 6.45) is -2.55. The molecule has 0 fully saturated rings. The molecule has 1 aromatic carbocycles. The van der Waals surface area contributed by atoms with E-state index in [1.54, 1.807) is 6.07 Å². The number of hydrogen-bond donors (Lipinski definition) is 0. The van der Waals surface area contributed by atoms with Crippen LogP contribution in [0.3, 0.4) is 0 Å². The highest BCUT2D eigenvalue weighted by Crippen LogP contribution is 2.32. The quantitative estimate of drug-likeness (QED) is 0.619. The van der Waals surface area contributed by atoms with Crippen molar-refractivity contribution in [3.05, 3.63) is 65.0 Å². The van der Waals surface area contributed by atoms with Gasteiger partial charge in [-0.25, -0.2) is 0 Å². The maximum atomic E-state index is 13.1. The van der Waals surface area contributed by atoms with Crippen molar-refractivity contribution < 1.29 is 27.6 Å². The number of carbonyl (C=O) groups is 3. The van der Waals surface area contributed by atoms with Crippen molar-refractivity contribution in [1.82, 2.24) is 15.0 Å². The maximum Gasteiger partial charge on any atom is 0.417 e. The molecule has 0 unspecified atom stereocenters. The van der Waals surface area contributed by atoms with Crippen LogP contribution < -0.4 is 0 Å². The zero-order valence-electron chi connectivity index (χ0n) is 13.8. The molecule has 1 heterocycles. The van der Waals surface area contributed by atoms with Crippen LogP contribution in [0.4, 0.5) is 13.2 Å². The monoisotopic (exact) mass is 365 g/mol. The third-order valence-electron chi connectivity index (χ3n) is 3.71. The summed E-state index contributed by atoms with van der Waals surface area (Å²) in [5.74, 6) is -1.79. The van der Waals surface area contributed by atoms with E-state index in [1.165, 1.54) is 25.2 Å². The lowest BCUT2D eigenvalue weighted by Crippen LogP contribution is -2.45. The zero-order valence-corrected chi connectivity index (χ0v) is 13.8. The molecule has 0 N–H and O–H groups in total. The Kier molecular flexibility index (Phi) is 5.39. The molecule has 0 spiro atoms. The summed E-state index contributed by atoms with van der Waals surface area (Å²) in [6, 6.07) is 6.56. The van der Waals surface area contributed by atoms with Gasteiger partial charge in [0.1, 0.15) is 0 Å². The Balaban J connectivity index is 2.34. The fraction of sp³-hybridized carbons (Fsp3) is 0.176. The fourth-order valence-electron chi connectivity index (χ4n) is 2.23. The molecule has 2 rings (SSSR count). The second kappa shape index (κ2) is 7.34. The van der Waals surface area contributed by atoms with Gasteiger partial charge in [0.2, 0.25) is 0 Å². The summed E-state index contributed by atoms with van der Waals surface area (Å²) in [5.41, 5.74) is -1.72. The van der Waals surface area contributed by atoms with Crippen LogP contribution in [0.25, 0.3) is 0 Å². The molecule has 2 amide bonds. The Labute approximate surface area is 146 Å². The SMILES string of the molecule is CN(C(=O)c1ccccc1C=O)N(C)C(=O)c1cnccc1C(F)(F)F. The number of benzene rings is 1. The number of alkyl halides is 3. The molecule has 0 bridgehead atoms. The second-order valence-electron chi connectivity index (χ2n) is 5.28. The predicted molar refractivity (Wildman–Crippen MR) is 85.3 cm³/mol. The van der Waals surface area contributed by atoms with Crippen LogP contribution in [0, 0.1) is 0 Å². The van der Waals surface area contributed by atoms with Gasteiger partial charge >= 0.3 is 6.18 Å². The third-order valence-corrected chi connectivity index (χ3v) is 3.71. The number of pyridine rings is 1. The van der Waals surface area contributed by atoms with E-state index in [4.69, 9.17) is 0 Å². The number of aldehydes is 1. The Morgan fingerprint density at radius 2 is 1.58 bits per heavy atom. The molecule has 0 atom stereocenters. The molecule has 136 valence electrons. The summed E-state index contributed by atoms with van der Waals surface area (Å²) in [4.78, 5) is 39.6. The molecule has 1 aromatic heterocycles. The Hall–Kier alpha value is -3.23. The lowest BCUT2D eigenvalue weighted by Gasteiger charge is -2.29. The van der Waals surface area contributed by atoms with E-state index in [0.29, 0.717) is 12.4 Å². The number of rotatable bonds is 3. The number of amides is 2. The summed E-state index contributed by atoms with van der Waals surface area (Å²) in [7, 11) is 2.36. The standard InChI is InChI=1S/C17H14F3N3O3/c1-22(15(25)12-6-4-3-5-11(12)10-24)23(2)16(26)13-9-21-8-7-14(13)17(18,19)20/h3-10H,1-2H3. The van der Waals surface area contributed by atoms with Gasteiger partial charge in [0.25, 0.3) is 11.8 Å². The van der Waals surface area contributed by atoms with Crippen LogP contribution >= 0.6 is 0 Å². The average Bonchev–Trinajstić information content (AvgIpc) is 2.64. The maximum absolute atomic E-state index is 13.1. The van der Waals surface area contributed by atoms with Crippen LogP contribution in [0.1, 0.15) is 36.6 Å². The predicted octanol–water partition coefficient (Wildman–Crippen LogP) is 2.67. The molecule has 6 nitrogen and oxygen atoms in total. The molecule has 0 radical (unpaired) electrons. The minimum atomic E-state index is -4.75. The van der Waals surface area contributed by atoms with E-state index in [9.17, 15) is 27.6 Å². The molecule has 2 aromatic rings. The topological polar surface area (TPSA) is 70.6 Å². The molecule has 0 aliphatic heterocycles. The van der Waals surface area contributed by atoms with Crippen molar-refractivity contribution in [3.63, 3.8) is 0 Å². The van der Waals surface area contributed by atoms with E-state index in [2.05, 4.69) is 4.98 Å². The highest BCUT2D eigenvalue weighted by molar-refractivity contribution is 6.03. The average molecular weight is 365 g/mol. The number of nitrogens with zero attached hydrogens (tertiary/aromatic N) is 3. The first kappa shape index (κ1) is 19.1. The number of hydrogen-bond acceptors (Lipinski definition) is 4. The molecule has 9 heteroatoms. The normalized spacial score (nSPS) is 11.0. The van der Waals surface area contributed by atoms with Crippen molar-refractivity contribution in [2.75, 3.05) is 14.1 Å². The van der Waals surface area contributed by atoms with E-state index >= 15 is 0 Å². The summed E-state index contributed by atoms with van der Waals surface area (Å²) in [5, 5.41) is 1.56. The molecular formula is C17H14F3N3O3. The van der Waals surface area contributed by atoms with Gasteiger partial charge < -0.3 is 0 Å². The van der Waals surface area contributed by atoms with Crippen molar-refractivity contribution in [1.29, 1.82) is 0 Å². The van der Waals surface area contributed by atoms with Crippen LogP contribution in [-0.4, -0.2) is 47.2 Å². The van der Waals surface area contributed by atoms with Crippen LogP contribution in [0.5, 0.6) is 0 Å². The minimum Gasteiger partial charge on any atom is -0.298 e. The largest absolute Gasteiger partial charge is 0.417 e. The Morgan fingerprint density at radius 1 is 1.00 bits per heavy atom. The van der Waals surface area contributed by atoms with Gasteiger partial charge in [-0.1, -0.05) is 18.2 Å². The first-order chi connectivity index (χ1) is 12.2. The Morgan fingerprint density at radius 3 is 2.15 bits per heavy atom. The summed E-state index contributed by atoms with van der Waals surface area (Å²) < 4.78 is 39.2. The Bertz CT molecular complexity index is 852. The van der Waals surface area contributed by atoms with E-state index in [1.807, 2.05) is 0 Å². The number of hydrazine groups is 1. The summed E-state index contributed by atoms with van der Waals surface area (Å²) in [6.45, 7) is 0. The highest BCUT2D eigenvalue weighted by Gasteiger charge is 2.36. The van der Waals surface area contributed by atoms with E-state index < -0.39 is 29.1 Å². The van der Waals surface area contributed by atoms with Crippen molar-refractivity contribution >= 4 is 18.1 Å². The first-order valence-corrected chi connectivity index (χ1v) is 7.30. The van der Waals surface area contributed by atoms with E-state index in [0.717, 1.165) is 29.5 Å². The van der Waals surface area contributed by atoms with Crippen LogP contribution in [0.15, 0.2) is 42.7 Å². The van der Waals surface area contributed by atoms with Gasteiger partial charge in [-0.05, 0) is 12.1 Å². The highest BCUT2D eigenvalue weighted by atomic mass is 19.4. The third kappa shape index (κ3) is 3.71. The van der Waals surface area contributed by atoms with Crippen LogP contribution in [-0.2, 0) is 6.18 Å². The van der Waals surface area contributed by atoms with Crippen molar-refractivity contribution in [3.8, 4) is 0 Å². The van der Waals surface area contributed by atoms with Gasteiger partial charge in [-0.15, -0.1) is 0 Å². The van der Waals surface area contributed by atoms with E-state index in [-0.39, 0.29) is 11.1 Å². The minimum absolute atomic E-state index is 0.0203. The molecule has 26 heavy (non-hydrogen) atoms. The lowest BCUT2D eigenvalue weighted by molar-refractivity contribution is -0.138. The van der Waals surface area contributed by atoms with Gasteiger partial charge in [0.05, 0.1) is 16.7 Å². The lowest BCUT2D eigenvalue weighted by atomic mass is 10.1. The molecule has 0 aliphatic carbocycles. The second-order valence-corrected chi connectivity index (χ2v) is 5.28. The first-order valence-electron chi connectivity index (χ1n) is 7.30. The zero-order chi connectivity index (χ0) is 19.5. The van der Waals surface area contributed by atoms with Gasteiger partial charge in [0.15, 0.2) is 6.29 Å². The smallest absolute Gasteiger partial charge is 0.298 e. The fourth-order valence-corrected chi connectivity index (χ4v) is 2.23.